The topological polar surface area (TPSA) is 71.8 Å². The van der Waals surface area contributed by atoms with Gasteiger partial charge in [0.2, 0.25) is 0 Å². The van der Waals surface area contributed by atoms with Gasteiger partial charge in [-0.15, -0.1) is 0 Å². The molecule has 7 aromatic rings. The number of rotatable bonds is 2. The maximum atomic E-state index is 13.5. The summed E-state index contributed by atoms with van der Waals surface area (Å²) in [5.41, 5.74) is 17.5. The summed E-state index contributed by atoms with van der Waals surface area (Å²) in [5, 5.41) is 8.95. The Labute approximate surface area is 487 Å². The molecular formula is C73H106F2N4O. The molecule has 5 nitrogen and oxygen atoms in total. The highest BCUT2D eigenvalue weighted by Crippen LogP contribution is 2.28. The fraction of sp³-hybridized carbons (Fsp3) is 0.479. The molecule has 7 heteroatoms. The maximum Gasteiger partial charge on any atom is 0.129 e. The first kappa shape index (κ1) is 72.1. The minimum atomic E-state index is -0.308. The van der Waals surface area contributed by atoms with E-state index in [1.165, 1.54) is 39.4 Å². The molecule has 0 saturated carbocycles. The maximum absolute atomic E-state index is 13.5. The molecular weight excluding hydrogens is 987 g/mol. The quantitative estimate of drug-likeness (QED) is 0.187. The highest BCUT2D eigenvalue weighted by Gasteiger charge is 2.19. The third kappa shape index (κ3) is 28.0. The molecule has 0 aliphatic rings. The Balaban J connectivity index is 0.000000468. The minimum absolute atomic E-state index is 0.0346. The van der Waals surface area contributed by atoms with Gasteiger partial charge in [0.15, 0.2) is 0 Å². The molecule has 0 saturated heterocycles. The van der Waals surface area contributed by atoms with Crippen LogP contribution in [0.1, 0.15) is 228 Å². The first-order valence-electron chi connectivity index (χ1n) is 28.4. The Morgan fingerprint density at radius 3 is 1.31 bits per heavy atom. The molecule has 0 spiro atoms. The van der Waals surface area contributed by atoms with Crippen molar-refractivity contribution in [1.29, 1.82) is 0 Å². The van der Waals surface area contributed by atoms with E-state index in [0.717, 1.165) is 45.0 Å². The number of benzene rings is 3. The van der Waals surface area contributed by atoms with Crippen molar-refractivity contribution in [2.45, 2.75) is 232 Å². The Hall–Kier alpha value is -5.92. The first-order valence-corrected chi connectivity index (χ1v) is 28.4. The van der Waals surface area contributed by atoms with Gasteiger partial charge in [-0.2, -0.15) is 0 Å². The monoisotopic (exact) mass is 1090 g/mol. The molecule has 3 aromatic carbocycles. The number of pyridine rings is 4. The summed E-state index contributed by atoms with van der Waals surface area (Å²) in [7, 11) is 0. The average Bonchev–Trinajstić information content (AvgIpc) is 3.31. The van der Waals surface area contributed by atoms with Crippen molar-refractivity contribution in [2.75, 3.05) is 0 Å². The van der Waals surface area contributed by atoms with Gasteiger partial charge in [0.25, 0.3) is 0 Å². The molecule has 0 bridgehead atoms. The van der Waals surface area contributed by atoms with E-state index in [4.69, 9.17) is 5.11 Å². The molecule has 0 amide bonds. The normalized spacial score (nSPS) is 11.5. The summed E-state index contributed by atoms with van der Waals surface area (Å²) in [6.07, 6.45) is 7.56. The number of aliphatic hydroxyl groups is 1. The lowest BCUT2D eigenvalue weighted by Gasteiger charge is -2.20. The van der Waals surface area contributed by atoms with Gasteiger partial charge in [-0.05, 0) is 181 Å². The standard InChI is InChI=1S/C12H17FO.C11H15F.4C10H15N.C10H14/c1-8-5-9(12(2,3)4)6-11(13)10(8)7-14;1-8-5-9(11(2,3)4)7-10(12)6-8;1-8-5-9(7-11-6-8)10(2,3)4;1-8-7-9(5-6-11-8)10(2,3)4;1-8-5-6-11-9(7-8)10(2,3)4;1-8-6-5-7-9(11-8)10(2,3)4;1-8(2)10-6-4-5-9(3)7-10/h5-6,14H,7H2,1-4H3;5-7H,1-4H3;4*5-7H,1-4H3;4-8H,1-3H3. The van der Waals surface area contributed by atoms with Gasteiger partial charge in [-0.3, -0.25) is 19.9 Å². The van der Waals surface area contributed by atoms with E-state index in [1.807, 2.05) is 97.5 Å². The first-order chi connectivity index (χ1) is 36.4. The van der Waals surface area contributed by atoms with Crippen LogP contribution in [0, 0.1) is 60.1 Å². The minimum Gasteiger partial charge on any atom is -0.392 e. The number of aromatic nitrogens is 4. The van der Waals surface area contributed by atoms with Crippen molar-refractivity contribution >= 4 is 0 Å². The fourth-order valence-corrected chi connectivity index (χ4v) is 7.49. The molecule has 0 radical (unpaired) electrons. The Morgan fingerprint density at radius 2 is 0.938 bits per heavy atom. The van der Waals surface area contributed by atoms with Gasteiger partial charge in [-0.25, -0.2) is 8.78 Å². The summed E-state index contributed by atoms with van der Waals surface area (Å²) < 4.78 is 26.4. The number of hydrogen-bond acceptors (Lipinski definition) is 5. The van der Waals surface area contributed by atoms with Crippen LogP contribution >= 0.6 is 0 Å². The van der Waals surface area contributed by atoms with E-state index in [0.29, 0.717) is 11.5 Å². The van der Waals surface area contributed by atoms with Gasteiger partial charge < -0.3 is 5.11 Å². The van der Waals surface area contributed by atoms with Gasteiger partial charge in [-0.1, -0.05) is 193 Å². The van der Waals surface area contributed by atoms with Crippen LogP contribution < -0.4 is 0 Å². The SMILES string of the molecule is Cc1cc(C(C)(C)C)cc(F)c1CO.Cc1cc(C(C)(C)C)ccn1.Cc1cc(F)cc(C(C)(C)C)c1.Cc1cccc(C(C)(C)C)n1.Cc1cccc(C(C)C)c1.Cc1ccnc(C(C)(C)C)c1.Cc1cncc(C(C)(C)C)c1. The predicted octanol–water partition coefficient (Wildman–Crippen LogP) is 20.2. The molecule has 4 aromatic heterocycles. The van der Waals surface area contributed by atoms with E-state index in [1.54, 1.807) is 12.1 Å². The predicted molar refractivity (Wildman–Crippen MR) is 342 cm³/mol. The second-order valence-corrected chi connectivity index (χ2v) is 27.8. The second kappa shape index (κ2) is 31.3. The van der Waals surface area contributed by atoms with Gasteiger partial charge >= 0.3 is 0 Å². The lowest BCUT2D eigenvalue weighted by atomic mass is 9.85. The molecule has 0 fully saturated rings. The molecule has 0 aliphatic heterocycles. The summed E-state index contributed by atoms with van der Waals surface area (Å²) in [6.45, 7) is 56.9. The van der Waals surface area contributed by atoms with E-state index >= 15 is 0 Å². The zero-order chi connectivity index (χ0) is 61.8. The largest absolute Gasteiger partial charge is 0.392 e. The number of nitrogens with zero attached hydrogens (tertiary/aromatic N) is 4. The third-order valence-corrected chi connectivity index (χ3v) is 12.9. The molecule has 0 atom stereocenters. The number of halogens is 2. The summed E-state index contributed by atoms with van der Waals surface area (Å²) in [4.78, 5) is 17.1. The van der Waals surface area contributed by atoms with Crippen LogP contribution in [-0.4, -0.2) is 25.0 Å². The van der Waals surface area contributed by atoms with Gasteiger partial charge in [0.1, 0.15) is 11.6 Å². The number of hydrogen-bond donors (Lipinski definition) is 1. The highest BCUT2D eigenvalue weighted by atomic mass is 19.1. The smallest absolute Gasteiger partial charge is 0.129 e. The second-order valence-electron chi connectivity index (χ2n) is 27.8. The van der Waals surface area contributed by atoms with E-state index in [-0.39, 0.29) is 50.7 Å². The van der Waals surface area contributed by atoms with Crippen molar-refractivity contribution < 1.29 is 13.9 Å². The zero-order valence-corrected chi connectivity index (χ0v) is 54.9. The Morgan fingerprint density at radius 1 is 0.425 bits per heavy atom. The molecule has 0 aliphatic carbocycles. The highest BCUT2D eigenvalue weighted by molar-refractivity contribution is 5.35. The molecule has 1 N–H and O–H groups in total. The number of aliphatic hydroxyl groups excluding tert-OH is 1. The Kier molecular flexibility index (Phi) is 28.2. The molecule has 80 heavy (non-hydrogen) atoms. The zero-order valence-electron chi connectivity index (χ0n) is 54.9. The van der Waals surface area contributed by atoms with E-state index < -0.39 is 0 Å². The average molecular weight is 1090 g/mol. The van der Waals surface area contributed by atoms with Gasteiger partial charge in [0.05, 0.1) is 6.61 Å². The summed E-state index contributed by atoms with van der Waals surface area (Å²) in [5.74, 6) is 0.206. The van der Waals surface area contributed by atoms with E-state index in [9.17, 15) is 8.78 Å². The summed E-state index contributed by atoms with van der Waals surface area (Å²) in [6, 6.07) is 34.0. The molecule has 0 unspecified atom stereocenters. The molecule has 7 rings (SSSR count). The van der Waals surface area contributed by atoms with Crippen molar-refractivity contribution in [3.05, 3.63) is 224 Å². The van der Waals surface area contributed by atoms with Crippen LogP contribution in [0.15, 0.2) is 128 Å². The van der Waals surface area contributed by atoms with Crippen LogP contribution in [0.4, 0.5) is 8.78 Å². The lowest BCUT2D eigenvalue weighted by molar-refractivity contribution is 0.274. The fourth-order valence-electron chi connectivity index (χ4n) is 7.49. The van der Waals surface area contributed by atoms with E-state index in [2.05, 4.69) is 219 Å². The third-order valence-electron chi connectivity index (χ3n) is 12.9. The summed E-state index contributed by atoms with van der Waals surface area (Å²) >= 11 is 0. The van der Waals surface area contributed by atoms with Crippen LogP contribution in [0.5, 0.6) is 0 Å². The number of aryl methyl sites for hydroxylation is 7. The Bertz CT molecular complexity index is 2680. The van der Waals surface area contributed by atoms with Gasteiger partial charge in [0, 0.05) is 64.0 Å². The lowest BCUT2D eigenvalue weighted by Crippen LogP contribution is -2.13. The van der Waals surface area contributed by atoms with Crippen molar-refractivity contribution in [2.24, 2.45) is 0 Å². The molecule has 438 valence electrons. The molecule has 4 heterocycles. The van der Waals surface area contributed by atoms with Crippen molar-refractivity contribution in [3.63, 3.8) is 0 Å². The van der Waals surface area contributed by atoms with Crippen LogP contribution in [0.3, 0.4) is 0 Å². The van der Waals surface area contributed by atoms with Crippen molar-refractivity contribution in [1.82, 2.24) is 19.9 Å². The van der Waals surface area contributed by atoms with Crippen molar-refractivity contribution in [3.8, 4) is 0 Å². The van der Waals surface area contributed by atoms with Crippen LogP contribution in [0.25, 0.3) is 0 Å². The van der Waals surface area contributed by atoms with Crippen LogP contribution in [0.2, 0.25) is 0 Å². The van der Waals surface area contributed by atoms with Crippen LogP contribution in [-0.2, 0) is 39.1 Å².